The minimum atomic E-state index is 0.740. The molecule has 0 saturated carbocycles. The van der Waals surface area contributed by atoms with Gasteiger partial charge in [0.15, 0.2) is 5.13 Å². The van der Waals surface area contributed by atoms with Crippen LogP contribution in [0.5, 0.6) is 0 Å². The lowest BCUT2D eigenvalue weighted by Gasteiger charge is -2.00. The highest BCUT2D eigenvalue weighted by molar-refractivity contribution is 7.19. The summed E-state index contributed by atoms with van der Waals surface area (Å²) < 4.78 is 4.90. The van der Waals surface area contributed by atoms with E-state index in [2.05, 4.69) is 10.3 Å². The van der Waals surface area contributed by atoms with Gasteiger partial charge in [0.25, 0.3) is 0 Å². The van der Waals surface area contributed by atoms with E-state index in [-0.39, 0.29) is 0 Å². The van der Waals surface area contributed by atoms with Gasteiger partial charge in [-0.25, -0.2) is 4.98 Å². The summed E-state index contributed by atoms with van der Waals surface area (Å²) in [4.78, 5) is 4.06. The Bertz CT molecular complexity index is 226. The number of thiazole rings is 1. The van der Waals surface area contributed by atoms with Gasteiger partial charge in [-0.2, -0.15) is 0 Å². The van der Waals surface area contributed by atoms with Crippen LogP contribution in [-0.4, -0.2) is 25.2 Å². The van der Waals surface area contributed by atoms with Crippen molar-refractivity contribution in [2.75, 3.05) is 31.3 Å². The molecule has 1 aromatic heterocycles. The molecule has 4 nitrogen and oxygen atoms in total. The maximum absolute atomic E-state index is 5.50. The van der Waals surface area contributed by atoms with Crippen LogP contribution in [0.15, 0.2) is 6.20 Å². The fourth-order valence-electron chi connectivity index (χ4n) is 0.780. The van der Waals surface area contributed by atoms with Gasteiger partial charge in [0, 0.05) is 20.3 Å². The van der Waals surface area contributed by atoms with Crippen molar-refractivity contribution in [2.24, 2.45) is 0 Å². The molecular weight excluding hydrogens is 174 g/mol. The number of aromatic nitrogens is 1. The highest BCUT2D eigenvalue weighted by Gasteiger charge is 1.96. The van der Waals surface area contributed by atoms with Crippen LogP contribution in [0.25, 0.3) is 0 Å². The Balaban J connectivity index is 2.15. The summed E-state index contributed by atoms with van der Waals surface area (Å²) in [6, 6.07) is 0. The molecule has 0 bridgehead atoms. The van der Waals surface area contributed by atoms with Crippen molar-refractivity contribution in [3.05, 3.63) is 6.20 Å². The average Bonchev–Trinajstić information content (AvgIpc) is 2.45. The van der Waals surface area contributed by atoms with E-state index in [4.69, 9.17) is 10.5 Å². The molecule has 68 valence electrons. The normalized spacial score (nSPS) is 10.1. The van der Waals surface area contributed by atoms with Crippen molar-refractivity contribution in [3.63, 3.8) is 0 Å². The molecule has 12 heavy (non-hydrogen) atoms. The first-order valence-corrected chi connectivity index (χ1v) is 4.58. The summed E-state index contributed by atoms with van der Waals surface area (Å²) in [5, 5.41) is 4.77. The first kappa shape index (κ1) is 9.28. The number of nitrogens with one attached hydrogen (secondary N) is 1. The molecule has 0 aromatic carbocycles. The van der Waals surface area contributed by atoms with Crippen LogP contribution in [0, 0.1) is 0 Å². The lowest BCUT2D eigenvalue weighted by molar-refractivity contribution is 0.198. The van der Waals surface area contributed by atoms with E-state index in [1.165, 1.54) is 11.3 Å². The predicted octanol–water partition coefficient (Wildman–Crippen LogP) is 1.17. The molecule has 0 amide bonds. The van der Waals surface area contributed by atoms with Crippen LogP contribution in [-0.2, 0) is 4.74 Å². The predicted molar refractivity (Wildman–Crippen MR) is 51.5 cm³/mol. The Hall–Kier alpha value is -0.810. The summed E-state index contributed by atoms with van der Waals surface area (Å²) in [5.41, 5.74) is 5.50. The number of rotatable bonds is 5. The number of nitrogens with zero attached hydrogens (tertiary/aromatic N) is 1. The van der Waals surface area contributed by atoms with Crippen LogP contribution in [0.2, 0.25) is 0 Å². The Kier molecular flexibility index (Phi) is 3.83. The number of nitrogens with two attached hydrogens (primary N) is 1. The second kappa shape index (κ2) is 4.95. The van der Waals surface area contributed by atoms with Crippen molar-refractivity contribution in [1.82, 2.24) is 4.98 Å². The molecule has 0 fully saturated rings. The van der Waals surface area contributed by atoms with Crippen molar-refractivity contribution >= 4 is 21.5 Å². The molecule has 1 rings (SSSR count). The first-order chi connectivity index (χ1) is 5.83. The van der Waals surface area contributed by atoms with Crippen molar-refractivity contribution in [2.45, 2.75) is 6.42 Å². The third-order valence-electron chi connectivity index (χ3n) is 1.33. The summed E-state index contributed by atoms with van der Waals surface area (Å²) >= 11 is 1.46. The molecule has 0 spiro atoms. The fraction of sp³-hybridized carbons (Fsp3) is 0.571. The molecule has 0 saturated heterocycles. The van der Waals surface area contributed by atoms with Gasteiger partial charge in [0.2, 0.25) is 0 Å². The zero-order valence-corrected chi connectivity index (χ0v) is 7.86. The lowest BCUT2D eigenvalue weighted by atomic mass is 10.4. The molecule has 0 atom stereocenters. The molecule has 1 heterocycles. The second-order valence-electron chi connectivity index (χ2n) is 2.34. The third-order valence-corrected chi connectivity index (χ3v) is 2.11. The Morgan fingerprint density at radius 2 is 2.58 bits per heavy atom. The van der Waals surface area contributed by atoms with Gasteiger partial charge in [0.1, 0.15) is 5.00 Å². The molecular formula is C7H13N3OS. The van der Waals surface area contributed by atoms with E-state index in [0.29, 0.717) is 0 Å². The van der Waals surface area contributed by atoms with Crippen LogP contribution >= 0.6 is 11.3 Å². The zero-order valence-electron chi connectivity index (χ0n) is 7.04. The van der Waals surface area contributed by atoms with E-state index < -0.39 is 0 Å². The zero-order chi connectivity index (χ0) is 8.81. The quantitative estimate of drug-likeness (QED) is 0.679. The highest BCUT2D eigenvalue weighted by Crippen LogP contribution is 2.18. The van der Waals surface area contributed by atoms with Crippen molar-refractivity contribution in [1.29, 1.82) is 0 Å². The SMILES string of the molecule is COCCCNc1ncc(N)s1. The van der Waals surface area contributed by atoms with Gasteiger partial charge in [-0.3, -0.25) is 0 Å². The summed E-state index contributed by atoms with van der Waals surface area (Å²) in [5.74, 6) is 0. The largest absolute Gasteiger partial charge is 0.389 e. The van der Waals surface area contributed by atoms with E-state index in [1.54, 1.807) is 13.3 Å². The van der Waals surface area contributed by atoms with Gasteiger partial charge in [-0.05, 0) is 6.42 Å². The summed E-state index contributed by atoms with van der Waals surface area (Å²) in [6.45, 7) is 1.65. The van der Waals surface area contributed by atoms with Gasteiger partial charge in [0.05, 0.1) is 6.20 Å². The third kappa shape index (κ3) is 3.06. The molecule has 3 N–H and O–H groups in total. The number of ether oxygens (including phenoxy) is 1. The van der Waals surface area contributed by atoms with E-state index in [0.717, 1.165) is 29.7 Å². The molecule has 0 aliphatic carbocycles. The molecule has 0 aliphatic rings. The van der Waals surface area contributed by atoms with E-state index in [9.17, 15) is 0 Å². The topological polar surface area (TPSA) is 60.2 Å². The molecule has 1 aromatic rings. The smallest absolute Gasteiger partial charge is 0.184 e. The second-order valence-corrected chi connectivity index (χ2v) is 3.40. The number of anilines is 2. The molecule has 0 radical (unpaired) electrons. The average molecular weight is 187 g/mol. The van der Waals surface area contributed by atoms with Gasteiger partial charge in [-0.15, -0.1) is 0 Å². The van der Waals surface area contributed by atoms with E-state index >= 15 is 0 Å². The Morgan fingerprint density at radius 1 is 1.75 bits per heavy atom. The van der Waals surface area contributed by atoms with Crippen molar-refractivity contribution < 1.29 is 4.74 Å². The highest BCUT2D eigenvalue weighted by atomic mass is 32.1. The maximum atomic E-state index is 5.50. The molecule has 0 unspecified atom stereocenters. The minimum Gasteiger partial charge on any atom is -0.389 e. The number of hydrogen-bond donors (Lipinski definition) is 2. The Labute approximate surface area is 75.8 Å². The molecule has 5 heteroatoms. The number of hydrogen-bond acceptors (Lipinski definition) is 5. The van der Waals surface area contributed by atoms with Gasteiger partial charge in [-0.1, -0.05) is 11.3 Å². The minimum absolute atomic E-state index is 0.740. The maximum Gasteiger partial charge on any atom is 0.184 e. The summed E-state index contributed by atoms with van der Waals surface area (Å²) in [6.07, 6.45) is 2.64. The van der Waals surface area contributed by atoms with Crippen LogP contribution in [0.1, 0.15) is 6.42 Å². The van der Waals surface area contributed by atoms with Crippen LogP contribution in [0.4, 0.5) is 10.1 Å². The first-order valence-electron chi connectivity index (χ1n) is 3.77. The van der Waals surface area contributed by atoms with Gasteiger partial charge >= 0.3 is 0 Å². The van der Waals surface area contributed by atoms with Crippen LogP contribution < -0.4 is 11.1 Å². The van der Waals surface area contributed by atoms with Gasteiger partial charge < -0.3 is 15.8 Å². The number of methoxy groups -OCH3 is 1. The Morgan fingerprint density at radius 3 is 3.17 bits per heavy atom. The standard InChI is InChI=1S/C7H13N3OS/c1-11-4-2-3-9-7-10-5-6(8)12-7/h5H,2-4,8H2,1H3,(H,9,10). The number of nitrogen functional groups attached to an aromatic ring is 1. The molecule has 0 aliphatic heterocycles. The fourth-order valence-corrected chi connectivity index (χ4v) is 1.39. The van der Waals surface area contributed by atoms with Crippen LogP contribution in [0.3, 0.4) is 0 Å². The monoisotopic (exact) mass is 187 g/mol. The lowest BCUT2D eigenvalue weighted by Crippen LogP contribution is -2.03. The van der Waals surface area contributed by atoms with Crippen molar-refractivity contribution in [3.8, 4) is 0 Å². The van der Waals surface area contributed by atoms with E-state index in [1.807, 2.05) is 0 Å². The summed E-state index contributed by atoms with van der Waals surface area (Å²) in [7, 11) is 1.70.